The topological polar surface area (TPSA) is 83.0 Å². The van der Waals surface area contributed by atoms with Gasteiger partial charge in [0.05, 0.1) is 11.0 Å². The van der Waals surface area contributed by atoms with Crippen LogP contribution in [0.4, 0.5) is 0 Å². The highest BCUT2D eigenvalue weighted by atomic mass is 16.2. The van der Waals surface area contributed by atoms with Crippen molar-refractivity contribution >= 4 is 16.8 Å². The second kappa shape index (κ2) is 2.57. The van der Waals surface area contributed by atoms with Crippen LogP contribution in [0.1, 0.15) is 0 Å². The van der Waals surface area contributed by atoms with Crippen molar-refractivity contribution in [2.45, 2.75) is 0 Å². The van der Waals surface area contributed by atoms with Crippen LogP contribution in [-0.2, 0) is 0 Å². The second-order valence-corrected chi connectivity index (χ2v) is 3.14. The third kappa shape index (κ3) is 1.01. The summed E-state index contributed by atoms with van der Waals surface area (Å²) in [5.41, 5.74) is 0.306. The summed E-state index contributed by atoms with van der Waals surface area (Å²) in [5, 5.41) is 0. The van der Waals surface area contributed by atoms with Crippen molar-refractivity contribution in [3.63, 3.8) is 0 Å². The van der Waals surface area contributed by atoms with Crippen molar-refractivity contribution in [3.05, 3.63) is 45.2 Å². The summed E-state index contributed by atoms with van der Waals surface area (Å²) in [7, 11) is 0. The Morgan fingerprint density at radius 2 is 1.93 bits per heavy atom. The van der Waals surface area contributed by atoms with Crippen molar-refractivity contribution in [1.29, 1.82) is 0 Å². The first-order valence-electron chi connectivity index (χ1n) is 4.35. The highest BCUT2D eigenvalue weighted by molar-refractivity contribution is 5.78. The van der Waals surface area contributed by atoms with E-state index < -0.39 is 11.4 Å². The lowest BCUT2D eigenvalue weighted by Crippen LogP contribution is -2.27. The molecule has 0 aliphatic carbocycles. The van der Waals surface area contributed by atoms with Gasteiger partial charge in [-0.1, -0.05) is 12.1 Å². The predicted molar refractivity (Wildman–Crippen MR) is 53.9 cm³/mol. The summed E-state index contributed by atoms with van der Waals surface area (Å²) >= 11 is 0. The summed E-state index contributed by atoms with van der Waals surface area (Å²) in [4.78, 5) is 31.3. The number of nitrogens with one attached hydrogen (secondary N) is 2. The monoisotopic (exact) mass is 202 g/mol. The molecule has 0 spiro atoms. The van der Waals surface area contributed by atoms with Gasteiger partial charge in [0, 0.05) is 0 Å². The van der Waals surface area contributed by atoms with Crippen LogP contribution in [0, 0.1) is 0 Å². The standard InChI is InChI=1S/C9H6N4O2/c14-8-11-7-10-5-3-1-2-4-6(5)13(7)9(15)12-8/h1-4H,(H2,10,11,12,14,15). The Morgan fingerprint density at radius 3 is 2.80 bits per heavy atom. The molecule has 0 unspecified atom stereocenters. The van der Waals surface area contributed by atoms with E-state index in [1.807, 2.05) is 6.07 Å². The number of para-hydroxylation sites is 2. The normalized spacial score (nSPS) is 11.2. The summed E-state index contributed by atoms with van der Waals surface area (Å²) in [6, 6.07) is 7.17. The van der Waals surface area contributed by atoms with Gasteiger partial charge in [0.2, 0.25) is 5.78 Å². The molecular formula is C9H6N4O2. The van der Waals surface area contributed by atoms with E-state index in [-0.39, 0.29) is 5.78 Å². The Bertz CT molecular complexity index is 765. The molecule has 3 aromatic rings. The third-order valence-electron chi connectivity index (χ3n) is 2.21. The lowest BCUT2D eigenvalue weighted by molar-refractivity contribution is 0.921. The molecule has 2 N–H and O–H groups in total. The molecule has 0 radical (unpaired) electrons. The van der Waals surface area contributed by atoms with Gasteiger partial charge >= 0.3 is 11.4 Å². The largest absolute Gasteiger partial charge is 0.337 e. The quantitative estimate of drug-likeness (QED) is 0.532. The van der Waals surface area contributed by atoms with Crippen LogP contribution >= 0.6 is 0 Å². The minimum Gasteiger partial charge on any atom is -0.277 e. The SMILES string of the molecule is O=c1[nH]c(=O)n2c(nc3ccccc32)[nH]1. The molecule has 2 heterocycles. The molecule has 0 bridgehead atoms. The molecule has 2 aromatic heterocycles. The van der Waals surface area contributed by atoms with Crippen molar-refractivity contribution in [1.82, 2.24) is 19.4 Å². The Kier molecular flexibility index (Phi) is 1.37. The van der Waals surface area contributed by atoms with E-state index >= 15 is 0 Å². The molecule has 15 heavy (non-hydrogen) atoms. The molecule has 6 nitrogen and oxygen atoms in total. The lowest BCUT2D eigenvalue weighted by atomic mass is 10.3. The minimum atomic E-state index is -0.553. The maximum atomic E-state index is 11.5. The van der Waals surface area contributed by atoms with Gasteiger partial charge in [-0.2, -0.15) is 0 Å². The van der Waals surface area contributed by atoms with E-state index in [2.05, 4.69) is 15.0 Å². The van der Waals surface area contributed by atoms with Crippen LogP contribution in [-0.4, -0.2) is 19.4 Å². The number of fused-ring (bicyclic) bond motifs is 3. The zero-order valence-corrected chi connectivity index (χ0v) is 7.52. The number of aromatic nitrogens is 4. The minimum absolute atomic E-state index is 0.255. The van der Waals surface area contributed by atoms with Gasteiger partial charge in [-0.3, -0.25) is 9.97 Å². The van der Waals surface area contributed by atoms with Crippen LogP contribution in [0.25, 0.3) is 16.8 Å². The fourth-order valence-corrected chi connectivity index (χ4v) is 1.60. The summed E-state index contributed by atoms with van der Waals surface area (Å²) < 4.78 is 1.33. The van der Waals surface area contributed by atoms with Crippen LogP contribution in [0.2, 0.25) is 0 Å². The van der Waals surface area contributed by atoms with E-state index in [0.29, 0.717) is 11.0 Å². The Hall–Kier alpha value is -2.37. The van der Waals surface area contributed by atoms with Crippen LogP contribution < -0.4 is 11.4 Å². The number of H-pyrrole nitrogens is 2. The van der Waals surface area contributed by atoms with Crippen LogP contribution in [0.15, 0.2) is 33.9 Å². The summed E-state index contributed by atoms with van der Waals surface area (Å²) in [5.74, 6) is 0.255. The molecule has 0 aliphatic rings. The van der Waals surface area contributed by atoms with Crippen molar-refractivity contribution in [2.24, 2.45) is 0 Å². The van der Waals surface area contributed by atoms with E-state index in [4.69, 9.17) is 0 Å². The van der Waals surface area contributed by atoms with Gasteiger partial charge in [0.1, 0.15) is 0 Å². The Morgan fingerprint density at radius 1 is 1.13 bits per heavy atom. The Labute approximate surface area is 82.2 Å². The maximum absolute atomic E-state index is 11.5. The number of hydrogen-bond donors (Lipinski definition) is 2. The highest BCUT2D eigenvalue weighted by Crippen LogP contribution is 2.10. The third-order valence-corrected chi connectivity index (χ3v) is 2.21. The fourth-order valence-electron chi connectivity index (χ4n) is 1.60. The molecular weight excluding hydrogens is 196 g/mol. The fraction of sp³-hybridized carbons (Fsp3) is 0. The summed E-state index contributed by atoms with van der Waals surface area (Å²) in [6.45, 7) is 0. The molecule has 0 saturated heterocycles. The highest BCUT2D eigenvalue weighted by Gasteiger charge is 2.06. The first-order valence-corrected chi connectivity index (χ1v) is 4.35. The molecule has 3 rings (SSSR count). The van der Waals surface area contributed by atoms with Gasteiger partial charge in [-0.05, 0) is 12.1 Å². The molecule has 74 valence electrons. The number of nitrogens with zero attached hydrogens (tertiary/aromatic N) is 2. The first kappa shape index (κ1) is 7.98. The number of benzene rings is 1. The first-order chi connectivity index (χ1) is 7.25. The molecule has 0 aliphatic heterocycles. The van der Waals surface area contributed by atoms with Crippen molar-refractivity contribution in [3.8, 4) is 0 Å². The number of rotatable bonds is 0. The van der Waals surface area contributed by atoms with E-state index in [9.17, 15) is 9.59 Å². The van der Waals surface area contributed by atoms with Gasteiger partial charge in [-0.25, -0.2) is 19.0 Å². The number of imidazole rings is 1. The smallest absolute Gasteiger partial charge is 0.277 e. The van der Waals surface area contributed by atoms with Gasteiger partial charge in [0.15, 0.2) is 0 Å². The van der Waals surface area contributed by atoms with Gasteiger partial charge in [-0.15, -0.1) is 0 Å². The molecule has 0 atom stereocenters. The maximum Gasteiger partial charge on any atom is 0.337 e. The summed E-state index contributed by atoms with van der Waals surface area (Å²) in [6.07, 6.45) is 0. The molecule has 0 fully saturated rings. The van der Waals surface area contributed by atoms with Crippen LogP contribution in [0.3, 0.4) is 0 Å². The zero-order valence-electron chi connectivity index (χ0n) is 7.52. The molecule has 1 aromatic carbocycles. The van der Waals surface area contributed by atoms with Crippen LogP contribution in [0.5, 0.6) is 0 Å². The number of aromatic amines is 2. The van der Waals surface area contributed by atoms with Crippen molar-refractivity contribution in [2.75, 3.05) is 0 Å². The van der Waals surface area contributed by atoms with Gasteiger partial charge in [0.25, 0.3) is 0 Å². The lowest BCUT2D eigenvalue weighted by Gasteiger charge is -1.91. The van der Waals surface area contributed by atoms with E-state index in [1.54, 1.807) is 18.2 Å². The molecule has 0 amide bonds. The zero-order chi connectivity index (χ0) is 10.4. The van der Waals surface area contributed by atoms with E-state index in [0.717, 1.165) is 0 Å². The molecule has 6 heteroatoms. The number of hydrogen-bond acceptors (Lipinski definition) is 3. The average Bonchev–Trinajstić information content (AvgIpc) is 2.54. The van der Waals surface area contributed by atoms with E-state index in [1.165, 1.54) is 4.40 Å². The predicted octanol–water partition coefficient (Wildman–Crippen LogP) is -0.136. The average molecular weight is 202 g/mol. The molecule has 0 saturated carbocycles. The van der Waals surface area contributed by atoms with Gasteiger partial charge < -0.3 is 0 Å². The Balaban J connectivity index is 2.73. The van der Waals surface area contributed by atoms with Crippen molar-refractivity contribution < 1.29 is 0 Å². The second-order valence-electron chi connectivity index (χ2n) is 3.14.